The molecule has 1 aliphatic rings. The van der Waals surface area contributed by atoms with Gasteiger partial charge in [-0.25, -0.2) is 17.5 Å². The molecular formula is C15H22ClFN2O2S. The summed E-state index contributed by atoms with van der Waals surface area (Å²) in [6.45, 7) is 4.23. The molecule has 1 saturated heterocycles. The molecule has 1 atom stereocenters. The first kappa shape index (κ1) is 17.7. The van der Waals surface area contributed by atoms with E-state index in [2.05, 4.69) is 9.62 Å². The van der Waals surface area contributed by atoms with Crippen LogP contribution in [-0.4, -0.2) is 39.2 Å². The van der Waals surface area contributed by atoms with E-state index in [0.717, 1.165) is 32.2 Å². The van der Waals surface area contributed by atoms with Crippen LogP contribution in [0.3, 0.4) is 0 Å². The van der Waals surface area contributed by atoms with Gasteiger partial charge in [-0.1, -0.05) is 17.7 Å². The zero-order valence-corrected chi connectivity index (χ0v) is 14.5. The van der Waals surface area contributed by atoms with Crippen LogP contribution in [0.25, 0.3) is 0 Å². The number of halogens is 2. The van der Waals surface area contributed by atoms with Crippen LogP contribution < -0.4 is 4.72 Å². The minimum absolute atomic E-state index is 0.245. The Bertz CT molecular complexity index is 637. The van der Waals surface area contributed by atoms with Crippen molar-refractivity contribution in [2.45, 2.75) is 26.3 Å². The van der Waals surface area contributed by atoms with Crippen molar-refractivity contribution >= 4 is 21.6 Å². The third-order valence-electron chi connectivity index (χ3n) is 4.00. The van der Waals surface area contributed by atoms with Crippen LogP contribution >= 0.6 is 11.6 Å². The van der Waals surface area contributed by atoms with Crippen molar-refractivity contribution in [2.75, 3.05) is 25.9 Å². The summed E-state index contributed by atoms with van der Waals surface area (Å²) in [6.07, 6.45) is 3.11. The SMILES string of the molecule is Cc1ccc(Cl)c(CN2CCC[C@H](CNS(C)(=O)=O)C2)c1F. The molecule has 0 radical (unpaired) electrons. The van der Waals surface area contributed by atoms with Crippen LogP contribution in [0.4, 0.5) is 4.39 Å². The Morgan fingerprint density at radius 3 is 2.86 bits per heavy atom. The van der Waals surface area contributed by atoms with Crippen molar-refractivity contribution in [3.8, 4) is 0 Å². The highest BCUT2D eigenvalue weighted by atomic mass is 35.5. The molecule has 0 bridgehead atoms. The number of nitrogens with one attached hydrogen (secondary N) is 1. The molecule has 1 heterocycles. The molecule has 1 aromatic rings. The summed E-state index contributed by atoms with van der Waals surface area (Å²) in [4.78, 5) is 2.14. The Kier molecular flexibility index (Phi) is 5.82. The van der Waals surface area contributed by atoms with Gasteiger partial charge in [0.2, 0.25) is 10.0 Å². The Morgan fingerprint density at radius 1 is 1.45 bits per heavy atom. The summed E-state index contributed by atoms with van der Waals surface area (Å²) >= 11 is 6.12. The normalized spacial score (nSPS) is 20.3. The summed E-state index contributed by atoms with van der Waals surface area (Å²) in [7, 11) is -3.17. The lowest BCUT2D eigenvalue weighted by Gasteiger charge is -2.33. The molecule has 0 saturated carbocycles. The van der Waals surface area contributed by atoms with Crippen molar-refractivity contribution < 1.29 is 12.8 Å². The van der Waals surface area contributed by atoms with Gasteiger partial charge in [-0.05, 0) is 43.9 Å². The summed E-state index contributed by atoms with van der Waals surface area (Å²) in [5, 5.41) is 0.444. The zero-order valence-electron chi connectivity index (χ0n) is 12.9. The monoisotopic (exact) mass is 348 g/mol. The molecule has 124 valence electrons. The Balaban J connectivity index is 2.00. The molecule has 0 unspecified atom stereocenters. The molecule has 2 rings (SSSR count). The summed E-state index contributed by atoms with van der Waals surface area (Å²) in [5.74, 6) is -0.000921. The van der Waals surface area contributed by atoms with Crippen LogP contribution in [0.5, 0.6) is 0 Å². The first-order valence-electron chi connectivity index (χ1n) is 7.36. The van der Waals surface area contributed by atoms with Crippen LogP contribution in [0.1, 0.15) is 24.0 Å². The van der Waals surface area contributed by atoms with E-state index in [9.17, 15) is 12.8 Å². The van der Waals surface area contributed by atoms with E-state index >= 15 is 0 Å². The molecule has 1 fully saturated rings. The number of benzene rings is 1. The van der Waals surface area contributed by atoms with Gasteiger partial charge in [-0.15, -0.1) is 0 Å². The van der Waals surface area contributed by atoms with Crippen LogP contribution in [-0.2, 0) is 16.6 Å². The topological polar surface area (TPSA) is 49.4 Å². The van der Waals surface area contributed by atoms with Gasteiger partial charge in [0.15, 0.2) is 0 Å². The summed E-state index contributed by atoms with van der Waals surface area (Å²) < 4.78 is 39.1. The number of aryl methyl sites for hydroxylation is 1. The number of hydrogen-bond donors (Lipinski definition) is 1. The quantitative estimate of drug-likeness (QED) is 0.889. The van der Waals surface area contributed by atoms with Gasteiger partial charge >= 0.3 is 0 Å². The summed E-state index contributed by atoms with van der Waals surface area (Å²) in [6, 6.07) is 3.40. The minimum atomic E-state index is -3.17. The molecule has 0 amide bonds. The second kappa shape index (κ2) is 7.25. The average molecular weight is 349 g/mol. The van der Waals surface area contributed by atoms with E-state index in [0.29, 0.717) is 29.2 Å². The predicted molar refractivity (Wildman–Crippen MR) is 87.0 cm³/mol. The van der Waals surface area contributed by atoms with Gasteiger partial charge in [0.25, 0.3) is 0 Å². The smallest absolute Gasteiger partial charge is 0.208 e. The first-order chi connectivity index (χ1) is 10.3. The Hall–Kier alpha value is -0.690. The highest BCUT2D eigenvalue weighted by Crippen LogP contribution is 2.26. The number of hydrogen-bond acceptors (Lipinski definition) is 3. The zero-order chi connectivity index (χ0) is 16.3. The van der Waals surface area contributed by atoms with Crippen molar-refractivity contribution in [3.05, 3.63) is 34.1 Å². The third kappa shape index (κ3) is 4.91. The fraction of sp³-hybridized carbons (Fsp3) is 0.600. The molecule has 0 spiro atoms. The Labute approximate surface area is 136 Å². The highest BCUT2D eigenvalue weighted by Gasteiger charge is 2.22. The van der Waals surface area contributed by atoms with E-state index in [4.69, 9.17) is 11.6 Å². The van der Waals surface area contributed by atoms with Crippen molar-refractivity contribution in [1.82, 2.24) is 9.62 Å². The number of piperidine rings is 1. The molecule has 4 nitrogen and oxygen atoms in total. The van der Waals surface area contributed by atoms with Gasteiger partial charge in [0.05, 0.1) is 6.26 Å². The van der Waals surface area contributed by atoms with E-state index in [-0.39, 0.29) is 11.7 Å². The van der Waals surface area contributed by atoms with Gasteiger partial charge < -0.3 is 0 Å². The van der Waals surface area contributed by atoms with E-state index < -0.39 is 10.0 Å². The van der Waals surface area contributed by atoms with Gasteiger partial charge in [-0.2, -0.15) is 0 Å². The predicted octanol–water partition coefficient (Wildman–Crippen LogP) is 2.55. The fourth-order valence-corrected chi connectivity index (χ4v) is 3.56. The molecule has 22 heavy (non-hydrogen) atoms. The fourth-order valence-electron chi connectivity index (χ4n) is 2.81. The average Bonchev–Trinajstić information content (AvgIpc) is 2.45. The minimum Gasteiger partial charge on any atom is -0.299 e. The maximum absolute atomic E-state index is 14.2. The van der Waals surface area contributed by atoms with E-state index in [1.54, 1.807) is 19.1 Å². The molecular weight excluding hydrogens is 327 g/mol. The number of sulfonamides is 1. The molecule has 7 heteroatoms. The number of rotatable bonds is 5. The third-order valence-corrected chi connectivity index (χ3v) is 5.04. The van der Waals surface area contributed by atoms with Gasteiger partial charge in [-0.3, -0.25) is 4.90 Å². The first-order valence-corrected chi connectivity index (χ1v) is 9.63. The maximum atomic E-state index is 14.2. The Morgan fingerprint density at radius 2 is 2.18 bits per heavy atom. The molecule has 0 aromatic heterocycles. The second-order valence-electron chi connectivity index (χ2n) is 6.02. The van der Waals surface area contributed by atoms with Crippen molar-refractivity contribution in [3.63, 3.8) is 0 Å². The molecule has 1 aromatic carbocycles. The molecule has 1 N–H and O–H groups in total. The summed E-state index contributed by atoms with van der Waals surface area (Å²) in [5.41, 5.74) is 1.12. The van der Waals surface area contributed by atoms with Gasteiger partial charge in [0, 0.05) is 30.2 Å². The number of likely N-dealkylation sites (tertiary alicyclic amines) is 1. The maximum Gasteiger partial charge on any atom is 0.208 e. The van der Waals surface area contributed by atoms with Crippen LogP contribution in [0.15, 0.2) is 12.1 Å². The van der Waals surface area contributed by atoms with E-state index in [1.807, 2.05) is 0 Å². The lowest BCUT2D eigenvalue weighted by molar-refractivity contribution is 0.167. The largest absolute Gasteiger partial charge is 0.299 e. The van der Waals surface area contributed by atoms with Crippen LogP contribution in [0.2, 0.25) is 5.02 Å². The van der Waals surface area contributed by atoms with Gasteiger partial charge in [0.1, 0.15) is 5.82 Å². The lowest BCUT2D eigenvalue weighted by Crippen LogP contribution is -2.40. The standard InChI is InChI=1S/C15H22ClFN2O2S/c1-11-5-6-14(16)13(15(11)17)10-19-7-3-4-12(9-19)8-18-22(2,20)21/h5-6,12,18H,3-4,7-10H2,1-2H3/t12-/m1/s1. The van der Waals surface area contributed by atoms with Crippen molar-refractivity contribution in [1.29, 1.82) is 0 Å². The molecule has 0 aliphatic carbocycles. The van der Waals surface area contributed by atoms with E-state index in [1.165, 1.54) is 0 Å². The lowest BCUT2D eigenvalue weighted by atomic mass is 9.97. The van der Waals surface area contributed by atoms with Crippen LogP contribution in [0, 0.1) is 18.7 Å². The molecule has 1 aliphatic heterocycles. The highest BCUT2D eigenvalue weighted by molar-refractivity contribution is 7.88. The second-order valence-corrected chi connectivity index (χ2v) is 8.26. The van der Waals surface area contributed by atoms with Crippen molar-refractivity contribution in [2.24, 2.45) is 5.92 Å². The number of nitrogens with zero attached hydrogens (tertiary/aromatic N) is 1.